The lowest BCUT2D eigenvalue weighted by atomic mass is 10.1. The van der Waals surface area contributed by atoms with Crippen molar-refractivity contribution in [1.29, 1.82) is 0 Å². The highest BCUT2D eigenvalue weighted by Crippen LogP contribution is 2.38. The summed E-state index contributed by atoms with van der Waals surface area (Å²) in [5.74, 6) is -4.42. The number of nitrogens with two attached hydrogens (primary N) is 1. The minimum absolute atomic E-state index is 0.0388. The molecule has 3 rings (SSSR count). The van der Waals surface area contributed by atoms with Gasteiger partial charge in [0.2, 0.25) is 11.7 Å². The van der Waals surface area contributed by atoms with Gasteiger partial charge in [-0.1, -0.05) is 18.2 Å². The first-order valence-corrected chi connectivity index (χ1v) is 10.1. The molecule has 2 atom stereocenters. The van der Waals surface area contributed by atoms with E-state index in [9.17, 15) is 33.3 Å². The third-order valence-electron chi connectivity index (χ3n) is 4.64. The van der Waals surface area contributed by atoms with Crippen LogP contribution in [0.15, 0.2) is 47.4 Å². The summed E-state index contributed by atoms with van der Waals surface area (Å²) in [6.45, 7) is -0.0363. The number of phenolic OH excluding ortho intramolecular Hbond substituents is 3. The molecule has 154 valence electrons. The third-order valence-corrected chi connectivity index (χ3v) is 6.66. The number of rotatable bonds is 4. The van der Waals surface area contributed by atoms with Gasteiger partial charge in [-0.2, -0.15) is 0 Å². The van der Waals surface area contributed by atoms with Crippen molar-refractivity contribution in [2.24, 2.45) is 5.73 Å². The van der Waals surface area contributed by atoms with Crippen LogP contribution in [0.5, 0.6) is 17.2 Å². The molecule has 10 nitrogen and oxygen atoms in total. The SMILES string of the molecule is NC(=O)C1C(S(=O)(=O)c2ccccc2)NCCN1C(=O)c1ccc(O)c(O)c1O. The molecule has 2 unspecified atom stereocenters. The first-order chi connectivity index (χ1) is 13.7. The molecule has 1 aliphatic rings. The Hall–Kier alpha value is -3.31. The van der Waals surface area contributed by atoms with Crippen molar-refractivity contribution in [3.8, 4) is 17.2 Å². The van der Waals surface area contributed by atoms with Crippen LogP contribution in [-0.2, 0) is 14.6 Å². The molecule has 0 bridgehead atoms. The van der Waals surface area contributed by atoms with Gasteiger partial charge in [0.15, 0.2) is 21.3 Å². The fourth-order valence-corrected chi connectivity index (χ4v) is 4.99. The molecular weight excluding hydrogens is 402 g/mol. The molecule has 2 aromatic carbocycles. The minimum atomic E-state index is -4.09. The molecule has 0 radical (unpaired) electrons. The van der Waals surface area contributed by atoms with Crippen LogP contribution in [0.1, 0.15) is 10.4 Å². The van der Waals surface area contributed by atoms with E-state index in [1.165, 1.54) is 24.3 Å². The van der Waals surface area contributed by atoms with Crippen molar-refractivity contribution in [2.75, 3.05) is 13.1 Å². The van der Waals surface area contributed by atoms with Gasteiger partial charge >= 0.3 is 0 Å². The summed E-state index contributed by atoms with van der Waals surface area (Å²) in [5.41, 5.74) is 5.03. The van der Waals surface area contributed by atoms with E-state index in [4.69, 9.17) is 5.73 Å². The summed E-state index contributed by atoms with van der Waals surface area (Å²) in [4.78, 5) is 26.0. The lowest BCUT2D eigenvalue weighted by Crippen LogP contribution is -2.66. The Morgan fingerprint density at radius 3 is 2.31 bits per heavy atom. The monoisotopic (exact) mass is 421 g/mol. The molecule has 2 aromatic rings. The number of amides is 2. The van der Waals surface area contributed by atoms with Crippen molar-refractivity contribution in [2.45, 2.75) is 16.3 Å². The number of sulfone groups is 1. The lowest BCUT2D eigenvalue weighted by Gasteiger charge is -2.39. The van der Waals surface area contributed by atoms with Crippen molar-refractivity contribution >= 4 is 21.7 Å². The summed E-state index contributed by atoms with van der Waals surface area (Å²) in [7, 11) is -4.09. The smallest absolute Gasteiger partial charge is 0.258 e. The van der Waals surface area contributed by atoms with E-state index >= 15 is 0 Å². The summed E-state index contributed by atoms with van der Waals surface area (Å²) in [5, 5.41) is 30.3. The summed E-state index contributed by atoms with van der Waals surface area (Å²) in [6.07, 6.45) is 0. The molecule has 29 heavy (non-hydrogen) atoms. The molecule has 0 aliphatic carbocycles. The molecule has 0 spiro atoms. The average Bonchev–Trinajstić information content (AvgIpc) is 2.71. The minimum Gasteiger partial charge on any atom is -0.504 e. The quantitative estimate of drug-likeness (QED) is 0.411. The van der Waals surface area contributed by atoms with Gasteiger partial charge in [0.1, 0.15) is 11.4 Å². The van der Waals surface area contributed by atoms with Crippen LogP contribution in [0.25, 0.3) is 0 Å². The van der Waals surface area contributed by atoms with E-state index in [0.717, 1.165) is 17.0 Å². The Bertz CT molecular complexity index is 1060. The van der Waals surface area contributed by atoms with E-state index in [0.29, 0.717) is 0 Å². The number of piperazine rings is 1. The number of hydrogen-bond donors (Lipinski definition) is 5. The van der Waals surface area contributed by atoms with Crippen molar-refractivity contribution in [1.82, 2.24) is 10.2 Å². The maximum Gasteiger partial charge on any atom is 0.258 e. The van der Waals surface area contributed by atoms with Gasteiger partial charge in [-0.15, -0.1) is 0 Å². The second-order valence-electron chi connectivity index (χ2n) is 6.41. The van der Waals surface area contributed by atoms with Crippen LogP contribution < -0.4 is 11.1 Å². The van der Waals surface area contributed by atoms with Gasteiger partial charge in [0, 0.05) is 13.1 Å². The van der Waals surface area contributed by atoms with E-state index in [1.54, 1.807) is 6.07 Å². The zero-order chi connectivity index (χ0) is 21.3. The number of nitrogens with zero attached hydrogens (tertiary/aromatic N) is 1. The molecule has 11 heteroatoms. The second kappa shape index (κ2) is 7.60. The molecular formula is C18H19N3O7S. The zero-order valence-corrected chi connectivity index (χ0v) is 15.8. The van der Waals surface area contributed by atoms with Crippen LogP contribution in [0.3, 0.4) is 0 Å². The standard InChI is InChI=1S/C18H19N3O7S/c19-16(25)13-17(29(27,28)10-4-2-1-3-5-10)20-8-9-21(13)18(26)11-6-7-12(22)15(24)14(11)23/h1-7,13,17,20,22-24H,8-9H2,(H2,19,25). The van der Waals surface area contributed by atoms with Crippen molar-refractivity contribution < 1.29 is 33.3 Å². The van der Waals surface area contributed by atoms with E-state index in [-0.39, 0.29) is 18.0 Å². The summed E-state index contributed by atoms with van der Waals surface area (Å²) < 4.78 is 26.1. The number of primary amides is 1. The van der Waals surface area contributed by atoms with Gasteiger partial charge < -0.3 is 26.0 Å². The fraction of sp³-hybridized carbons (Fsp3) is 0.222. The first kappa shape index (κ1) is 20.4. The van der Waals surface area contributed by atoms with Crippen LogP contribution in [0, 0.1) is 0 Å². The Kier molecular flexibility index (Phi) is 5.36. The number of aromatic hydroxyl groups is 3. The lowest BCUT2D eigenvalue weighted by molar-refractivity contribution is -0.123. The Balaban J connectivity index is 2.03. The highest BCUT2D eigenvalue weighted by atomic mass is 32.2. The maximum atomic E-state index is 13.0. The van der Waals surface area contributed by atoms with E-state index in [2.05, 4.69) is 5.32 Å². The van der Waals surface area contributed by atoms with Crippen LogP contribution in [0.2, 0.25) is 0 Å². The number of benzene rings is 2. The summed E-state index contributed by atoms with van der Waals surface area (Å²) >= 11 is 0. The van der Waals surface area contributed by atoms with Crippen LogP contribution >= 0.6 is 0 Å². The maximum absolute atomic E-state index is 13.0. The van der Waals surface area contributed by atoms with Gasteiger partial charge in [0.05, 0.1) is 10.5 Å². The Morgan fingerprint density at radius 2 is 1.69 bits per heavy atom. The van der Waals surface area contributed by atoms with Gasteiger partial charge in [-0.05, 0) is 24.3 Å². The van der Waals surface area contributed by atoms with Gasteiger partial charge in [-0.25, -0.2) is 8.42 Å². The molecule has 1 fully saturated rings. The Labute approximate surface area is 166 Å². The predicted octanol–water partition coefficient (Wildman–Crippen LogP) is -0.497. The first-order valence-electron chi connectivity index (χ1n) is 8.52. The molecule has 1 aliphatic heterocycles. The highest BCUT2D eigenvalue weighted by molar-refractivity contribution is 7.92. The summed E-state index contributed by atoms with van der Waals surface area (Å²) in [6, 6.07) is 7.87. The van der Waals surface area contributed by atoms with Crippen molar-refractivity contribution in [3.05, 3.63) is 48.0 Å². The molecule has 0 aromatic heterocycles. The second-order valence-corrected chi connectivity index (χ2v) is 8.48. The normalized spacial score (nSPS) is 19.7. The Morgan fingerprint density at radius 1 is 1.03 bits per heavy atom. The number of phenols is 3. The molecule has 6 N–H and O–H groups in total. The number of carbonyl (C=O) groups is 2. The number of carbonyl (C=O) groups excluding carboxylic acids is 2. The van der Waals surface area contributed by atoms with Gasteiger partial charge in [0.25, 0.3) is 5.91 Å². The number of nitrogens with one attached hydrogen (secondary N) is 1. The van der Waals surface area contributed by atoms with Crippen molar-refractivity contribution in [3.63, 3.8) is 0 Å². The topological polar surface area (TPSA) is 170 Å². The van der Waals surface area contributed by atoms with E-state index < -0.39 is 55.9 Å². The highest BCUT2D eigenvalue weighted by Gasteiger charge is 2.46. The number of hydrogen-bond acceptors (Lipinski definition) is 8. The predicted molar refractivity (Wildman–Crippen MR) is 101 cm³/mol. The van der Waals surface area contributed by atoms with Gasteiger partial charge in [-0.3, -0.25) is 14.9 Å². The largest absolute Gasteiger partial charge is 0.504 e. The third kappa shape index (κ3) is 3.57. The average molecular weight is 421 g/mol. The molecule has 0 saturated carbocycles. The molecule has 1 heterocycles. The van der Waals surface area contributed by atoms with Crippen LogP contribution in [0.4, 0.5) is 0 Å². The van der Waals surface area contributed by atoms with E-state index in [1.807, 2.05) is 0 Å². The molecule has 1 saturated heterocycles. The van der Waals surface area contributed by atoms with Crippen LogP contribution in [-0.4, -0.2) is 65.0 Å². The zero-order valence-electron chi connectivity index (χ0n) is 15.0. The molecule has 2 amide bonds. The fourth-order valence-electron chi connectivity index (χ4n) is 3.20.